The Morgan fingerprint density at radius 1 is 0.625 bits per heavy atom. The van der Waals surface area contributed by atoms with Gasteiger partial charge in [-0.3, -0.25) is 24.0 Å². The summed E-state index contributed by atoms with van der Waals surface area (Å²) < 4.78 is 0. The second-order valence-corrected chi connectivity index (χ2v) is 11.5. The van der Waals surface area contributed by atoms with Gasteiger partial charge in [0.25, 0.3) is 0 Å². The van der Waals surface area contributed by atoms with Crippen molar-refractivity contribution in [3.05, 3.63) is 0 Å². The van der Waals surface area contributed by atoms with Crippen LogP contribution < -0.4 is 32.3 Å². The van der Waals surface area contributed by atoms with Crippen LogP contribution in [-0.2, 0) is 28.8 Å². The molecule has 40 heavy (non-hydrogen) atoms. The zero-order valence-electron chi connectivity index (χ0n) is 24.2. The maximum Gasteiger partial charge on any atom is 0.326 e. The number of thiol groups is 2. The van der Waals surface area contributed by atoms with Crippen LogP contribution in [0.15, 0.2) is 0 Å². The highest BCUT2D eigenvalue weighted by Crippen LogP contribution is 2.08. The molecule has 6 atom stereocenters. The Kier molecular flexibility index (Phi) is 16.9. The van der Waals surface area contributed by atoms with Crippen molar-refractivity contribution in [1.82, 2.24) is 26.6 Å². The maximum atomic E-state index is 12.9. The first kappa shape index (κ1) is 37.5. The van der Waals surface area contributed by atoms with Crippen molar-refractivity contribution in [3.8, 4) is 0 Å². The van der Waals surface area contributed by atoms with E-state index in [1.165, 1.54) is 6.92 Å². The molecule has 0 fully saturated rings. The molecule has 13 nitrogen and oxygen atoms in total. The lowest BCUT2D eigenvalue weighted by atomic mass is 10.00. The van der Waals surface area contributed by atoms with Crippen LogP contribution in [0.3, 0.4) is 0 Å². The van der Waals surface area contributed by atoms with E-state index >= 15 is 0 Å². The van der Waals surface area contributed by atoms with Gasteiger partial charge in [0.05, 0.1) is 6.04 Å². The molecule has 8 N–H and O–H groups in total. The number of nitrogens with two attached hydrogens (primary N) is 1. The minimum absolute atomic E-state index is 0.116. The lowest BCUT2D eigenvalue weighted by molar-refractivity contribution is -0.143. The summed E-state index contributed by atoms with van der Waals surface area (Å²) in [5, 5.41) is 21.8. The number of carboxylic acids is 1. The Balaban J connectivity index is 5.31. The summed E-state index contributed by atoms with van der Waals surface area (Å²) in [4.78, 5) is 74.9. The van der Waals surface area contributed by atoms with Gasteiger partial charge in [-0.15, -0.1) is 0 Å². The van der Waals surface area contributed by atoms with E-state index in [0.717, 1.165) is 0 Å². The third kappa shape index (κ3) is 12.8. The van der Waals surface area contributed by atoms with Gasteiger partial charge in [0.1, 0.15) is 30.2 Å². The number of amides is 5. The van der Waals surface area contributed by atoms with Crippen LogP contribution in [-0.4, -0.2) is 88.4 Å². The summed E-state index contributed by atoms with van der Waals surface area (Å²) in [6, 6.07) is -6.35. The van der Waals surface area contributed by atoms with E-state index in [2.05, 4.69) is 51.8 Å². The first-order valence-corrected chi connectivity index (χ1v) is 14.4. The lowest BCUT2D eigenvalue weighted by Crippen LogP contribution is -2.60. The van der Waals surface area contributed by atoms with Gasteiger partial charge in [-0.05, 0) is 31.1 Å². The predicted octanol–water partition coefficient (Wildman–Crippen LogP) is -0.940. The van der Waals surface area contributed by atoms with E-state index in [1.807, 2.05) is 13.8 Å². The SMILES string of the molecule is CC(C)CC(N)C(=O)NC(C)C(=O)NC(CS)C(=O)NC(CS)C(=O)NC(C(=O)NC(C(=O)O)C(C)C)C(C)C. The third-order valence-electron chi connectivity index (χ3n) is 5.92. The molecule has 0 bridgehead atoms. The van der Waals surface area contributed by atoms with E-state index in [-0.39, 0.29) is 17.4 Å². The largest absolute Gasteiger partial charge is 0.480 e. The quantitative estimate of drug-likeness (QED) is 0.0942. The van der Waals surface area contributed by atoms with Crippen molar-refractivity contribution in [2.45, 2.75) is 91.1 Å². The number of hydrogen-bond acceptors (Lipinski definition) is 9. The molecule has 0 aliphatic carbocycles. The zero-order valence-corrected chi connectivity index (χ0v) is 26.0. The molecule has 5 amide bonds. The lowest BCUT2D eigenvalue weighted by Gasteiger charge is -2.27. The molecule has 0 saturated carbocycles. The predicted molar refractivity (Wildman–Crippen MR) is 158 cm³/mol. The van der Waals surface area contributed by atoms with Crippen LogP contribution in [0.5, 0.6) is 0 Å². The molecule has 0 aliphatic rings. The third-order valence-corrected chi connectivity index (χ3v) is 6.65. The average Bonchev–Trinajstić information content (AvgIpc) is 2.85. The molecule has 0 heterocycles. The molecule has 0 saturated heterocycles. The number of rotatable bonds is 17. The second kappa shape index (κ2) is 18.0. The number of carbonyl (C=O) groups is 6. The van der Waals surface area contributed by atoms with Crippen molar-refractivity contribution in [2.24, 2.45) is 23.5 Å². The first-order valence-electron chi connectivity index (χ1n) is 13.2. The molecule has 15 heteroatoms. The zero-order chi connectivity index (χ0) is 31.3. The highest BCUT2D eigenvalue weighted by atomic mass is 32.1. The highest BCUT2D eigenvalue weighted by Gasteiger charge is 2.33. The average molecular weight is 607 g/mol. The van der Waals surface area contributed by atoms with E-state index in [4.69, 9.17) is 5.73 Å². The summed E-state index contributed by atoms with van der Waals surface area (Å²) in [5.41, 5.74) is 5.85. The number of nitrogens with one attached hydrogen (secondary N) is 5. The van der Waals surface area contributed by atoms with Crippen LogP contribution in [0.2, 0.25) is 0 Å². The smallest absolute Gasteiger partial charge is 0.326 e. The molecule has 0 rings (SSSR count). The van der Waals surface area contributed by atoms with Gasteiger partial charge in [0.15, 0.2) is 0 Å². The molecular formula is C25H46N6O7S2. The van der Waals surface area contributed by atoms with E-state index in [9.17, 15) is 33.9 Å². The number of carboxylic acid groups (broad SMARTS) is 1. The van der Waals surface area contributed by atoms with Crippen molar-refractivity contribution < 1.29 is 33.9 Å². The molecule has 0 aromatic carbocycles. The van der Waals surface area contributed by atoms with Gasteiger partial charge in [-0.25, -0.2) is 4.79 Å². The van der Waals surface area contributed by atoms with Crippen LogP contribution >= 0.6 is 25.3 Å². The van der Waals surface area contributed by atoms with Gasteiger partial charge < -0.3 is 37.4 Å². The van der Waals surface area contributed by atoms with Crippen molar-refractivity contribution in [2.75, 3.05) is 11.5 Å². The highest BCUT2D eigenvalue weighted by molar-refractivity contribution is 7.80. The summed E-state index contributed by atoms with van der Waals surface area (Å²) in [6.45, 7) is 11.9. The van der Waals surface area contributed by atoms with Gasteiger partial charge in [-0.1, -0.05) is 41.5 Å². The summed E-state index contributed by atoms with van der Waals surface area (Å²) in [5.74, 6) is -5.36. The minimum Gasteiger partial charge on any atom is -0.480 e. The first-order chi connectivity index (χ1) is 18.5. The Labute approximate surface area is 247 Å². The molecule has 0 aromatic heterocycles. The normalized spacial score (nSPS) is 15.8. The number of aliphatic carboxylic acids is 1. The van der Waals surface area contributed by atoms with Crippen molar-refractivity contribution in [3.63, 3.8) is 0 Å². The Morgan fingerprint density at radius 3 is 1.45 bits per heavy atom. The number of carbonyl (C=O) groups excluding carboxylic acids is 5. The standard InChI is InChI=1S/C25H46N6O7S2/c1-11(2)8-15(26)21(33)27-14(7)20(32)28-16(9-39)22(34)29-17(10-40)23(35)30-18(12(3)4)24(36)31-19(13(5)6)25(37)38/h11-19,39-40H,8-10,26H2,1-7H3,(H,27,33)(H,28,32)(H,29,34)(H,30,35)(H,31,36)(H,37,38). The Morgan fingerprint density at radius 2 is 1.05 bits per heavy atom. The minimum atomic E-state index is -1.20. The second-order valence-electron chi connectivity index (χ2n) is 10.8. The number of hydrogen-bond donors (Lipinski definition) is 9. The van der Waals surface area contributed by atoms with Gasteiger partial charge in [0.2, 0.25) is 29.5 Å². The van der Waals surface area contributed by atoms with Crippen molar-refractivity contribution in [1.29, 1.82) is 0 Å². The van der Waals surface area contributed by atoms with E-state index in [1.54, 1.807) is 27.7 Å². The van der Waals surface area contributed by atoms with Gasteiger partial charge in [0, 0.05) is 11.5 Å². The maximum absolute atomic E-state index is 12.9. The fourth-order valence-electron chi connectivity index (χ4n) is 3.50. The molecule has 6 unspecified atom stereocenters. The fourth-order valence-corrected chi connectivity index (χ4v) is 4.02. The Bertz CT molecular complexity index is 903. The van der Waals surface area contributed by atoms with E-state index in [0.29, 0.717) is 6.42 Å². The molecule has 0 radical (unpaired) electrons. The van der Waals surface area contributed by atoms with Gasteiger partial charge >= 0.3 is 5.97 Å². The van der Waals surface area contributed by atoms with Crippen LogP contribution in [0.4, 0.5) is 0 Å². The monoisotopic (exact) mass is 606 g/mol. The summed E-state index contributed by atoms with van der Waals surface area (Å²) in [6.07, 6.45) is 0.437. The molecule has 230 valence electrons. The van der Waals surface area contributed by atoms with Gasteiger partial charge in [-0.2, -0.15) is 25.3 Å². The van der Waals surface area contributed by atoms with E-state index < -0.39 is 83.6 Å². The summed E-state index contributed by atoms with van der Waals surface area (Å²) >= 11 is 8.24. The van der Waals surface area contributed by atoms with Crippen LogP contribution in [0.1, 0.15) is 54.9 Å². The topological polar surface area (TPSA) is 209 Å². The molecule has 0 aromatic rings. The fraction of sp³-hybridized carbons (Fsp3) is 0.760. The Hall–Kier alpha value is -2.52. The van der Waals surface area contributed by atoms with Crippen LogP contribution in [0.25, 0.3) is 0 Å². The molecular weight excluding hydrogens is 560 g/mol. The van der Waals surface area contributed by atoms with Crippen molar-refractivity contribution >= 4 is 60.8 Å². The van der Waals surface area contributed by atoms with Crippen LogP contribution in [0, 0.1) is 17.8 Å². The summed E-state index contributed by atoms with van der Waals surface area (Å²) in [7, 11) is 0. The molecule has 0 aliphatic heterocycles. The molecule has 0 spiro atoms.